The topological polar surface area (TPSA) is 75.7 Å². The average molecular weight is 441 g/mol. The fourth-order valence-electron chi connectivity index (χ4n) is 2.53. The zero-order valence-electron chi connectivity index (χ0n) is 14.8. The van der Waals surface area contributed by atoms with Crippen LogP contribution in [0.3, 0.4) is 0 Å². The Hall–Kier alpha value is -2.06. The summed E-state index contributed by atoms with van der Waals surface area (Å²) in [5, 5.41) is 2.82. The van der Waals surface area contributed by atoms with Crippen LogP contribution in [0.2, 0.25) is 0 Å². The highest BCUT2D eigenvalue weighted by molar-refractivity contribution is 9.10. The predicted molar refractivity (Wildman–Crippen MR) is 106 cm³/mol. The molecule has 0 saturated heterocycles. The van der Waals surface area contributed by atoms with Gasteiger partial charge < -0.3 is 10.1 Å². The van der Waals surface area contributed by atoms with Gasteiger partial charge in [-0.1, -0.05) is 34.1 Å². The van der Waals surface area contributed by atoms with E-state index < -0.39 is 15.9 Å². The Kier molecular flexibility index (Phi) is 6.66. The molecule has 0 spiro atoms. The Bertz CT molecular complexity index is 869. The molecule has 26 heavy (non-hydrogen) atoms. The van der Waals surface area contributed by atoms with Crippen molar-refractivity contribution in [2.45, 2.75) is 13.0 Å². The largest absolute Gasteiger partial charge is 0.496 e. The molecule has 8 heteroatoms. The smallest absolute Gasteiger partial charge is 0.241 e. The third-order valence-electron chi connectivity index (χ3n) is 3.79. The van der Waals surface area contributed by atoms with Gasteiger partial charge in [-0.25, -0.2) is 8.42 Å². The molecule has 0 unspecified atom stereocenters. The summed E-state index contributed by atoms with van der Waals surface area (Å²) in [7, 11) is -2.04. The molecule has 2 rings (SSSR count). The Morgan fingerprint density at radius 1 is 1.19 bits per heavy atom. The number of nitrogens with zero attached hydrogens (tertiary/aromatic N) is 1. The molecule has 0 bridgehead atoms. The number of methoxy groups -OCH3 is 1. The van der Waals surface area contributed by atoms with E-state index in [0.29, 0.717) is 11.4 Å². The number of hydrogen-bond acceptors (Lipinski definition) is 4. The Labute approximate surface area is 162 Å². The van der Waals surface area contributed by atoms with Gasteiger partial charge in [0.1, 0.15) is 12.3 Å². The highest BCUT2D eigenvalue weighted by Gasteiger charge is 2.22. The lowest BCUT2D eigenvalue weighted by molar-refractivity contribution is -0.120. The fraction of sp³-hybridized carbons (Fsp3) is 0.278. The SMILES string of the molecule is COc1ccccc1[C@@H](C)NC(=O)CN(c1ccc(Br)cc1)S(C)(=O)=O. The molecular weight excluding hydrogens is 420 g/mol. The van der Waals surface area contributed by atoms with Crippen LogP contribution >= 0.6 is 15.9 Å². The normalized spacial score (nSPS) is 12.3. The molecule has 140 valence electrons. The van der Waals surface area contributed by atoms with Gasteiger partial charge in [-0.05, 0) is 37.3 Å². The third kappa shape index (κ3) is 5.22. The second-order valence-electron chi connectivity index (χ2n) is 5.78. The summed E-state index contributed by atoms with van der Waals surface area (Å²) in [6.45, 7) is 1.51. The number of ether oxygens (including phenoxy) is 1. The van der Waals surface area contributed by atoms with Gasteiger partial charge in [-0.15, -0.1) is 0 Å². The van der Waals surface area contributed by atoms with E-state index in [4.69, 9.17) is 4.74 Å². The van der Waals surface area contributed by atoms with Crippen molar-refractivity contribution in [2.75, 3.05) is 24.2 Å². The quantitative estimate of drug-likeness (QED) is 0.717. The molecule has 0 aromatic heterocycles. The highest BCUT2D eigenvalue weighted by Crippen LogP contribution is 2.25. The number of carbonyl (C=O) groups is 1. The number of amides is 1. The van der Waals surface area contributed by atoms with Crippen LogP contribution in [0.15, 0.2) is 53.0 Å². The summed E-state index contributed by atoms with van der Waals surface area (Å²) in [5.41, 5.74) is 1.24. The molecule has 0 fully saturated rings. The summed E-state index contributed by atoms with van der Waals surface area (Å²) < 4.78 is 31.4. The van der Waals surface area contributed by atoms with Crippen LogP contribution in [0.5, 0.6) is 5.75 Å². The fourth-order valence-corrected chi connectivity index (χ4v) is 3.65. The molecule has 0 aliphatic rings. The molecule has 1 amide bonds. The van der Waals surface area contributed by atoms with Gasteiger partial charge in [0.15, 0.2) is 0 Å². The van der Waals surface area contributed by atoms with Crippen LogP contribution < -0.4 is 14.4 Å². The van der Waals surface area contributed by atoms with Gasteiger partial charge >= 0.3 is 0 Å². The summed E-state index contributed by atoms with van der Waals surface area (Å²) in [6.07, 6.45) is 1.08. The van der Waals surface area contributed by atoms with E-state index in [1.54, 1.807) is 31.4 Å². The number of nitrogens with one attached hydrogen (secondary N) is 1. The van der Waals surface area contributed by atoms with Gasteiger partial charge in [0.2, 0.25) is 15.9 Å². The maximum atomic E-state index is 12.5. The van der Waals surface area contributed by atoms with Crippen molar-refractivity contribution < 1.29 is 17.9 Å². The van der Waals surface area contributed by atoms with Crippen LogP contribution in [-0.4, -0.2) is 34.2 Å². The number of halogens is 1. The Morgan fingerprint density at radius 2 is 1.81 bits per heavy atom. The van der Waals surface area contributed by atoms with Crippen LogP contribution in [0, 0.1) is 0 Å². The summed E-state index contributed by atoms with van der Waals surface area (Å²) in [5.74, 6) is 0.255. The summed E-state index contributed by atoms with van der Waals surface area (Å²) in [6, 6.07) is 13.8. The standard InChI is InChI=1S/C18H21BrN2O4S/c1-13(16-6-4-5-7-17(16)25-2)20-18(22)12-21(26(3,23)24)15-10-8-14(19)9-11-15/h4-11,13H,12H2,1-3H3,(H,20,22)/t13-/m1/s1. The van der Waals surface area contributed by atoms with Crippen LogP contribution in [-0.2, 0) is 14.8 Å². The van der Waals surface area contributed by atoms with Crippen molar-refractivity contribution in [3.63, 3.8) is 0 Å². The number of hydrogen-bond donors (Lipinski definition) is 1. The third-order valence-corrected chi connectivity index (χ3v) is 5.45. The van der Waals surface area contributed by atoms with Crippen molar-refractivity contribution in [1.82, 2.24) is 5.32 Å². The minimum absolute atomic E-state index is 0.306. The summed E-state index contributed by atoms with van der Waals surface area (Å²) in [4.78, 5) is 12.5. The van der Waals surface area contributed by atoms with Crippen LogP contribution in [0.25, 0.3) is 0 Å². The number of benzene rings is 2. The zero-order valence-corrected chi connectivity index (χ0v) is 17.2. The van der Waals surface area contributed by atoms with Gasteiger partial charge in [0.25, 0.3) is 0 Å². The van der Waals surface area contributed by atoms with Gasteiger partial charge in [-0.2, -0.15) is 0 Å². The van der Waals surface area contributed by atoms with Crippen molar-refractivity contribution in [3.05, 3.63) is 58.6 Å². The van der Waals surface area contributed by atoms with Gasteiger partial charge in [-0.3, -0.25) is 9.10 Å². The Morgan fingerprint density at radius 3 is 2.38 bits per heavy atom. The summed E-state index contributed by atoms with van der Waals surface area (Å²) >= 11 is 3.31. The zero-order chi connectivity index (χ0) is 19.3. The number of rotatable bonds is 7. The monoisotopic (exact) mass is 440 g/mol. The van der Waals surface area contributed by atoms with Crippen molar-refractivity contribution in [3.8, 4) is 5.75 Å². The molecule has 0 heterocycles. The maximum Gasteiger partial charge on any atom is 0.241 e. The lowest BCUT2D eigenvalue weighted by Gasteiger charge is -2.23. The number of carbonyl (C=O) groups excluding carboxylic acids is 1. The van der Waals surface area contributed by atoms with E-state index in [9.17, 15) is 13.2 Å². The van der Waals surface area contributed by atoms with E-state index in [-0.39, 0.29) is 12.6 Å². The molecule has 0 saturated carbocycles. The van der Waals surface area contributed by atoms with E-state index in [0.717, 1.165) is 20.6 Å². The van der Waals surface area contributed by atoms with Crippen molar-refractivity contribution >= 4 is 37.5 Å². The van der Waals surface area contributed by atoms with Crippen molar-refractivity contribution in [1.29, 1.82) is 0 Å². The highest BCUT2D eigenvalue weighted by atomic mass is 79.9. The first-order valence-electron chi connectivity index (χ1n) is 7.88. The molecule has 6 nitrogen and oxygen atoms in total. The minimum atomic E-state index is -3.61. The number of para-hydroxylation sites is 1. The van der Waals surface area contributed by atoms with E-state index in [1.807, 2.05) is 31.2 Å². The second-order valence-corrected chi connectivity index (χ2v) is 8.60. The lowest BCUT2D eigenvalue weighted by atomic mass is 10.1. The average Bonchev–Trinajstić information content (AvgIpc) is 2.59. The number of anilines is 1. The molecule has 0 aliphatic carbocycles. The lowest BCUT2D eigenvalue weighted by Crippen LogP contribution is -2.41. The minimum Gasteiger partial charge on any atom is -0.496 e. The molecule has 0 radical (unpaired) electrons. The molecular formula is C18H21BrN2O4S. The predicted octanol–water partition coefficient (Wildman–Crippen LogP) is 3.10. The first-order chi connectivity index (χ1) is 12.2. The maximum absolute atomic E-state index is 12.5. The molecule has 0 aliphatic heterocycles. The van der Waals surface area contributed by atoms with E-state index in [2.05, 4.69) is 21.2 Å². The van der Waals surface area contributed by atoms with E-state index in [1.165, 1.54) is 0 Å². The molecule has 2 aromatic rings. The molecule has 1 N–H and O–H groups in total. The van der Waals surface area contributed by atoms with Gasteiger partial charge in [0, 0.05) is 10.0 Å². The Balaban J connectivity index is 2.16. The molecule has 1 atom stereocenters. The van der Waals surface area contributed by atoms with Crippen LogP contribution in [0.1, 0.15) is 18.5 Å². The van der Waals surface area contributed by atoms with Crippen LogP contribution in [0.4, 0.5) is 5.69 Å². The number of sulfonamides is 1. The first-order valence-corrected chi connectivity index (χ1v) is 10.5. The van der Waals surface area contributed by atoms with Crippen molar-refractivity contribution in [2.24, 2.45) is 0 Å². The first kappa shape index (κ1) is 20.3. The van der Waals surface area contributed by atoms with E-state index >= 15 is 0 Å². The second kappa shape index (κ2) is 8.55. The molecule has 2 aromatic carbocycles. The van der Waals surface area contributed by atoms with Gasteiger partial charge in [0.05, 0.1) is 25.1 Å².